The molecule has 0 aromatic rings. The van der Waals surface area contributed by atoms with Crippen molar-refractivity contribution in [2.24, 2.45) is 5.73 Å². The standard InChI is InChI=1S/C6H7NO3/c7-6(8)5-3-1-2-4-9-10-5/h1-3H,4H2,(H2,7,8). The Morgan fingerprint density at radius 2 is 2.50 bits per heavy atom. The highest BCUT2D eigenvalue weighted by Gasteiger charge is 2.06. The second kappa shape index (κ2) is 3.03. The third kappa shape index (κ3) is 1.60. The molecule has 0 bridgehead atoms. The first-order valence-corrected chi connectivity index (χ1v) is 2.77. The zero-order valence-electron chi connectivity index (χ0n) is 5.24. The SMILES string of the molecule is NC(=O)C1=CC=CCOO1. The number of primary amides is 1. The molecule has 1 aliphatic heterocycles. The summed E-state index contributed by atoms with van der Waals surface area (Å²) in [5.74, 6) is -0.611. The van der Waals surface area contributed by atoms with E-state index in [2.05, 4.69) is 9.78 Å². The van der Waals surface area contributed by atoms with Gasteiger partial charge >= 0.3 is 0 Å². The third-order valence-electron chi connectivity index (χ3n) is 0.940. The second-order valence-corrected chi connectivity index (χ2v) is 1.69. The molecular weight excluding hydrogens is 134 g/mol. The Morgan fingerprint density at radius 1 is 1.70 bits per heavy atom. The summed E-state index contributed by atoms with van der Waals surface area (Å²) in [6.07, 6.45) is 4.80. The van der Waals surface area contributed by atoms with Crippen LogP contribution in [0.3, 0.4) is 0 Å². The Balaban J connectivity index is 2.66. The van der Waals surface area contributed by atoms with Crippen molar-refractivity contribution in [1.82, 2.24) is 0 Å². The van der Waals surface area contributed by atoms with Crippen LogP contribution in [-0.4, -0.2) is 12.5 Å². The minimum Gasteiger partial charge on any atom is -0.363 e. The van der Waals surface area contributed by atoms with Gasteiger partial charge < -0.3 is 10.6 Å². The van der Waals surface area contributed by atoms with Crippen LogP contribution in [0.15, 0.2) is 24.0 Å². The highest BCUT2D eigenvalue weighted by atomic mass is 17.2. The van der Waals surface area contributed by atoms with Gasteiger partial charge in [-0.05, 0) is 6.08 Å². The van der Waals surface area contributed by atoms with E-state index >= 15 is 0 Å². The zero-order chi connectivity index (χ0) is 7.40. The summed E-state index contributed by atoms with van der Waals surface area (Å²) in [5.41, 5.74) is 4.89. The molecule has 54 valence electrons. The lowest BCUT2D eigenvalue weighted by Gasteiger charge is -1.99. The van der Waals surface area contributed by atoms with E-state index in [1.54, 1.807) is 12.2 Å². The number of carbonyl (C=O) groups excluding carboxylic acids is 1. The summed E-state index contributed by atoms with van der Waals surface area (Å²) in [6, 6.07) is 0. The summed E-state index contributed by atoms with van der Waals surface area (Å²) in [4.78, 5) is 19.4. The van der Waals surface area contributed by atoms with Crippen LogP contribution in [0.2, 0.25) is 0 Å². The molecule has 0 saturated carbocycles. The Labute approximate surface area is 57.8 Å². The van der Waals surface area contributed by atoms with Gasteiger partial charge in [-0.1, -0.05) is 12.2 Å². The zero-order valence-corrected chi connectivity index (χ0v) is 5.24. The summed E-state index contributed by atoms with van der Waals surface area (Å²) >= 11 is 0. The average Bonchev–Trinajstić information content (AvgIpc) is 2.12. The van der Waals surface area contributed by atoms with Crippen LogP contribution >= 0.6 is 0 Å². The van der Waals surface area contributed by atoms with E-state index in [9.17, 15) is 4.79 Å². The number of nitrogens with two attached hydrogens (primary N) is 1. The molecule has 1 amide bonds. The van der Waals surface area contributed by atoms with Gasteiger partial charge in [0, 0.05) is 0 Å². The molecular formula is C6H7NO3. The van der Waals surface area contributed by atoms with Crippen LogP contribution in [0, 0.1) is 0 Å². The van der Waals surface area contributed by atoms with E-state index < -0.39 is 5.91 Å². The van der Waals surface area contributed by atoms with Gasteiger partial charge in [0.25, 0.3) is 5.91 Å². The maximum absolute atomic E-state index is 10.4. The molecule has 0 atom stereocenters. The smallest absolute Gasteiger partial charge is 0.287 e. The third-order valence-corrected chi connectivity index (χ3v) is 0.940. The number of amides is 1. The van der Waals surface area contributed by atoms with Crippen molar-refractivity contribution in [3.05, 3.63) is 24.0 Å². The Morgan fingerprint density at radius 3 is 3.20 bits per heavy atom. The highest BCUT2D eigenvalue weighted by Crippen LogP contribution is 2.01. The minimum atomic E-state index is -0.633. The lowest BCUT2D eigenvalue weighted by Crippen LogP contribution is -2.15. The van der Waals surface area contributed by atoms with Gasteiger partial charge in [0.2, 0.25) is 5.76 Å². The van der Waals surface area contributed by atoms with E-state index in [4.69, 9.17) is 5.73 Å². The van der Waals surface area contributed by atoms with Crippen LogP contribution in [0.4, 0.5) is 0 Å². The summed E-state index contributed by atoms with van der Waals surface area (Å²) in [6.45, 7) is 0.327. The number of allylic oxidation sites excluding steroid dienone is 2. The van der Waals surface area contributed by atoms with E-state index in [-0.39, 0.29) is 5.76 Å². The Kier molecular flexibility index (Phi) is 2.07. The van der Waals surface area contributed by atoms with E-state index in [1.807, 2.05) is 0 Å². The van der Waals surface area contributed by atoms with Gasteiger partial charge in [0.15, 0.2) is 0 Å². The van der Waals surface area contributed by atoms with Crippen LogP contribution in [0.5, 0.6) is 0 Å². The molecule has 10 heavy (non-hydrogen) atoms. The van der Waals surface area contributed by atoms with Crippen LogP contribution in [-0.2, 0) is 14.6 Å². The second-order valence-electron chi connectivity index (χ2n) is 1.69. The van der Waals surface area contributed by atoms with Crippen molar-refractivity contribution in [2.75, 3.05) is 6.61 Å². The summed E-state index contributed by atoms with van der Waals surface area (Å²) in [5, 5.41) is 0. The van der Waals surface area contributed by atoms with Crippen molar-refractivity contribution in [1.29, 1.82) is 0 Å². The van der Waals surface area contributed by atoms with Gasteiger partial charge in [0.1, 0.15) is 6.61 Å². The quantitative estimate of drug-likeness (QED) is 0.517. The molecule has 0 spiro atoms. The van der Waals surface area contributed by atoms with Crippen molar-refractivity contribution in [3.8, 4) is 0 Å². The maximum atomic E-state index is 10.4. The van der Waals surface area contributed by atoms with Gasteiger partial charge in [-0.3, -0.25) is 4.79 Å². The number of carbonyl (C=O) groups is 1. The van der Waals surface area contributed by atoms with Crippen LogP contribution < -0.4 is 5.73 Å². The predicted molar refractivity (Wildman–Crippen MR) is 33.5 cm³/mol. The monoisotopic (exact) mass is 141 g/mol. The minimum absolute atomic E-state index is 0.0220. The number of rotatable bonds is 1. The largest absolute Gasteiger partial charge is 0.363 e. The number of hydrogen-bond acceptors (Lipinski definition) is 3. The molecule has 0 aromatic carbocycles. The van der Waals surface area contributed by atoms with E-state index in [0.717, 1.165) is 0 Å². The first-order valence-electron chi connectivity index (χ1n) is 2.77. The fourth-order valence-corrected chi connectivity index (χ4v) is 0.499. The topological polar surface area (TPSA) is 61.6 Å². The predicted octanol–water partition coefficient (Wildman–Crippen LogP) is -0.126. The van der Waals surface area contributed by atoms with Crippen LogP contribution in [0.25, 0.3) is 0 Å². The fourth-order valence-electron chi connectivity index (χ4n) is 0.499. The Bertz CT molecular complexity index is 195. The summed E-state index contributed by atoms with van der Waals surface area (Å²) in [7, 11) is 0. The van der Waals surface area contributed by atoms with E-state index in [1.165, 1.54) is 6.08 Å². The van der Waals surface area contributed by atoms with Gasteiger partial charge in [0.05, 0.1) is 0 Å². The molecule has 0 radical (unpaired) electrons. The molecule has 1 aliphatic rings. The molecule has 2 N–H and O–H groups in total. The van der Waals surface area contributed by atoms with Gasteiger partial charge in [-0.25, -0.2) is 0 Å². The molecule has 0 unspecified atom stereocenters. The molecule has 0 aromatic heterocycles. The van der Waals surface area contributed by atoms with Gasteiger partial charge in [-0.2, -0.15) is 4.89 Å². The first kappa shape index (κ1) is 6.82. The molecule has 1 rings (SSSR count). The molecule has 0 fully saturated rings. The maximum Gasteiger partial charge on any atom is 0.287 e. The molecule has 0 saturated heterocycles. The molecule has 0 aliphatic carbocycles. The first-order chi connectivity index (χ1) is 4.80. The molecule has 4 nitrogen and oxygen atoms in total. The number of hydrogen-bond donors (Lipinski definition) is 1. The van der Waals surface area contributed by atoms with Crippen molar-refractivity contribution in [3.63, 3.8) is 0 Å². The Hall–Kier alpha value is -1.29. The van der Waals surface area contributed by atoms with Crippen molar-refractivity contribution in [2.45, 2.75) is 0 Å². The highest BCUT2D eigenvalue weighted by molar-refractivity contribution is 5.90. The van der Waals surface area contributed by atoms with Gasteiger partial charge in [-0.15, -0.1) is 0 Å². The summed E-state index contributed by atoms with van der Waals surface area (Å²) < 4.78 is 0. The molecule has 1 heterocycles. The lowest BCUT2D eigenvalue weighted by atomic mass is 10.4. The van der Waals surface area contributed by atoms with Crippen LogP contribution in [0.1, 0.15) is 0 Å². The normalized spacial score (nSPS) is 17.0. The van der Waals surface area contributed by atoms with E-state index in [0.29, 0.717) is 6.61 Å². The average molecular weight is 141 g/mol. The fraction of sp³-hybridized carbons (Fsp3) is 0.167. The lowest BCUT2D eigenvalue weighted by molar-refractivity contribution is -0.250. The van der Waals surface area contributed by atoms with Crippen molar-refractivity contribution < 1.29 is 14.6 Å². The molecule has 4 heteroatoms. The van der Waals surface area contributed by atoms with Crippen molar-refractivity contribution >= 4 is 5.91 Å².